The maximum Gasteiger partial charge on any atom is 0.500 e. The Hall–Kier alpha value is 0.274. The smallest absolute Gasteiger partial charge is 0.374 e. The van der Waals surface area contributed by atoms with Crippen LogP contribution in [-0.4, -0.2) is 61.0 Å². The summed E-state index contributed by atoms with van der Waals surface area (Å²) in [5, 5.41) is 0. The van der Waals surface area contributed by atoms with Gasteiger partial charge in [-0.15, -0.1) is 0 Å². The van der Waals surface area contributed by atoms with E-state index in [9.17, 15) is 0 Å². The summed E-state index contributed by atoms with van der Waals surface area (Å²) in [7, 11) is -3.08. The van der Waals surface area contributed by atoms with Crippen molar-refractivity contribution in [1.29, 1.82) is 0 Å². The molecule has 24 heavy (non-hydrogen) atoms. The van der Waals surface area contributed by atoms with E-state index in [1.165, 1.54) is 12.5 Å². The normalized spacial score (nSPS) is 13.2. The van der Waals surface area contributed by atoms with Gasteiger partial charge in [0.1, 0.15) is 0 Å². The molecule has 0 aliphatic rings. The molecule has 0 radical (unpaired) electrons. The molecule has 0 aliphatic carbocycles. The summed E-state index contributed by atoms with van der Waals surface area (Å²) < 4.78 is 18.3. The first-order valence-electron chi connectivity index (χ1n) is 9.87. The molecule has 0 unspecified atom stereocenters. The Labute approximate surface area is 154 Å². The van der Waals surface area contributed by atoms with E-state index in [1.54, 1.807) is 0 Å². The van der Waals surface area contributed by atoms with Crippen molar-refractivity contribution < 1.29 is 13.3 Å². The van der Waals surface area contributed by atoms with Gasteiger partial charge in [-0.3, -0.25) is 4.90 Å². The second kappa shape index (κ2) is 12.6. The van der Waals surface area contributed by atoms with E-state index in [0.717, 1.165) is 32.2 Å². The highest BCUT2D eigenvalue weighted by molar-refractivity contribution is 6.61. The lowest BCUT2D eigenvalue weighted by Crippen LogP contribution is -2.46. The van der Waals surface area contributed by atoms with Crippen LogP contribution >= 0.6 is 0 Å². The van der Waals surface area contributed by atoms with Crippen LogP contribution in [0.1, 0.15) is 54.4 Å². The van der Waals surface area contributed by atoms with Gasteiger partial charge < -0.3 is 13.3 Å². The van der Waals surface area contributed by atoms with Gasteiger partial charge in [-0.05, 0) is 66.6 Å². The van der Waals surface area contributed by atoms with Crippen molar-refractivity contribution in [3.8, 4) is 0 Å². The van der Waals surface area contributed by atoms with E-state index in [-0.39, 0.29) is 5.54 Å². The highest BCUT2D eigenvalue weighted by atomic mass is 28.4. The van der Waals surface area contributed by atoms with Crippen LogP contribution in [0.2, 0.25) is 25.2 Å². The van der Waals surface area contributed by atoms with Gasteiger partial charge in [-0.2, -0.15) is 0 Å². The van der Waals surface area contributed by atoms with Crippen molar-refractivity contribution >= 4 is 17.6 Å². The molecule has 0 aliphatic heterocycles. The molecule has 0 bridgehead atoms. The van der Waals surface area contributed by atoms with E-state index in [1.807, 2.05) is 13.8 Å². The predicted molar refractivity (Wildman–Crippen MR) is 110 cm³/mol. The molecule has 0 spiro atoms. The quantitative estimate of drug-likeness (QED) is 0.331. The molecule has 0 saturated heterocycles. The van der Waals surface area contributed by atoms with E-state index < -0.39 is 17.6 Å². The number of hydrogen-bond acceptors (Lipinski definition) is 4. The van der Waals surface area contributed by atoms with Gasteiger partial charge in [-0.25, -0.2) is 0 Å². The fraction of sp³-hybridized carbons (Fsp3) is 1.00. The summed E-state index contributed by atoms with van der Waals surface area (Å²) >= 11 is 0. The molecule has 146 valence electrons. The predicted octanol–water partition coefficient (Wildman–Crippen LogP) is 4.40. The fourth-order valence-electron chi connectivity index (χ4n) is 2.84. The number of hydrogen-bond donors (Lipinski definition) is 0. The molecule has 4 nitrogen and oxygen atoms in total. The number of rotatable bonds is 14. The van der Waals surface area contributed by atoms with E-state index >= 15 is 0 Å². The van der Waals surface area contributed by atoms with Gasteiger partial charge in [0.05, 0.1) is 0 Å². The van der Waals surface area contributed by atoms with Gasteiger partial charge >= 0.3 is 8.80 Å². The number of unbranched alkanes of at least 4 members (excludes halogenated alkanes) is 1. The van der Waals surface area contributed by atoms with Gasteiger partial charge in [0.2, 0.25) is 0 Å². The molecule has 0 rings (SSSR count). The topological polar surface area (TPSA) is 30.9 Å². The Balaban J connectivity index is 4.52. The molecule has 0 fully saturated rings. The molecule has 6 heteroatoms. The van der Waals surface area contributed by atoms with Gasteiger partial charge in [0.25, 0.3) is 0 Å². The first kappa shape index (κ1) is 24.3. The highest BCUT2D eigenvalue weighted by Crippen LogP contribution is 2.21. The van der Waals surface area contributed by atoms with Crippen molar-refractivity contribution in [2.45, 2.75) is 85.1 Å². The minimum Gasteiger partial charge on any atom is -0.374 e. The Morgan fingerprint density at radius 3 is 1.92 bits per heavy atom. The van der Waals surface area contributed by atoms with Crippen LogP contribution in [0.3, 0.4) is 0 Å². The van der Waals surface area contributed by atoms with Crippen LogP contribution < -0.4 is 0 Å². The third kappa shape index (κ3) is 10.3. The van der Waals surface area contributed by atoms with Crippen molar-refractivity contribution in [2.24, 2.45) is 0 Å². The Bertz CT molecular complexity index is 303. The summed E-state index contributed by atoms with van der Waals surface area (Å²) in [6.45, 7) is 22.3. The Morgan fingerprint density at radius 1 is 0.917 bits per heavy atom. The summed E-state index contributed by atoms with van der Waals surface area (Å²) in [5.74, 6) is 0. The van der Waals surface area contributed by atoms with Gasteiger partial charge in [0, 0.05) is 40.2 Å². The van der Waals surface area contributed by atoms with Crippen molar-refractivity contribution in [1.82, 2.24) is 4.90 Å². The third-order valence-corrected chi connectivity index (χ3v) is 8.69. The zero-order valence-electron chi connectivity index (χ0n) is 17.6. The summed E-state index contributed by atoms with van der Waals surface area (Å²) in [5.41, 5.74) is 0.238. The second-order valence-corrected chi connectivity index (χ2v) is 13.9. The highest BCUT2D eigenvalue weighted by Gasteiger charge is 2.40. The average molecular weight is 378 g/mol. The zero-order valence-corrected chi connectivity index (χ0v) is 19.8. The van der Waals surface area contributed by atoms with E-state index in [2.05, 4.69) is 45.7 Å². The monoisotopic (exact) mass is 377 g/mol. The minimum atomic E-state index is -2.49. The molecular formula is C18H43NO3Si2. The van der Waals surface area contributed by atoms with Crippen LogP contribution in [0.25, 0.3) is 0 Å². The SMILES string of the molecule is CCO[Si](CCCCN(CC)C(C)(C)C)(OCC)OCC[SiH](C)C. The van der Waals surface area contributed by atoms with Crippen LogP contribution in [0.4, 0.5) is 0 Å². The molecule has 0 heterocycles. The number of nitrogens with zero attached hydrogens (tertiary/aromatic N) is 1. The molecule has 0 amide bonds. The van der Waals surface area contributed by atoms with E-state index in [0.29, 0.717) is 13.2 Å². The standard InChI is InChI=1S/C18H43NO3Si2/c1-9-19(18(4,5)6)14-12-13-17-24(20-10-2,21-11-3)22-15-16-23(7)8/h23H,9-17H2,1-8H3. The summed E-state index contributed by atoms with van der Waals surface area (Å²) in [6.07, 6.45) is 2.28. The van der Waals surface area contributed by atoms with Crippen LogP contribution in [0.5, 0.6) is 0 Å². The molecular weight excluding hydrogens is 334 g/mol. The minimum absolute atomic E-state index is 0.238. The van der Waals surface area contributed by atoms with Crippen LogP contribution in [0, 0.1) is 0 Å². The summed E-state index contributed by atoms with van der Waals surface area (Å²) in [6, 6.07) is 2.14. The largest absolute Gasteiger partial charge is 0.500 e. The first-order valence-corrected chi connectivity index (χ1v) is 14.9. The third-order valence-electron chi connectivity index (χ3n) is 4.24. The maximum absolute atomic E-state index is 6.24. The van der Waals surface area contributed by atoms with E-state index in [4.69, 9.17) is 13.3 Å². The Kier molecular flexibility index (Phi) is 12.7. The second-order valence-electron chi connectivity index (χ2n) is 7.79. The Morgan fingerprint density at radius 2 is 1.50 bits per heavy atom. The lowest BCUT2D eigenvalue weighted by Gasteiger charge is -2.35. The lowest BCUT2D eigenvalue weighted by molar-refractivity contribution is 0.0699. The van der Waals surface area contributed by atoms with Crippen molar-refractivity contribution in [2.75, 3.05) is 32.9 Å². The maximum atomic E-state index is 6.24. The molecule has 0 N–H and O–H groups in total. The molecule has 0 aromatic rings. The van der Waals surface area contributed by atoms with Crippen LogP contribution in [0.15, 0.2) is 0 Å². The zero-order chi connectivity index (χ0) is 18.6. The first-order chi connectivity index (χ1) is 11.2. The lowest BCUT2D eigenvalue weighted by atomic mass is 10.1. The molecule has 0 saturated carbocycles. The summed E-state index contributed by atoms with van der Waals surface area (Å²) in [4.78, 5) is 2.53. The van der Waals surface area contributed by atoms with Crippen molar-refractivity contribution in [3.63, 3.8) is 0 Å². The molecule has 0 aromatic heterocycles. The fourth-order valence-corrected chi connectivity index (χ4v) is 6.34. The van der Waals surface area contributed by atoms with Gasteiger partial charge in [-0.1, -0.05) is 20.0 Å². The molecule has 0 aromatic carbocycles. The van der Waals surface area contributed by atoms with Crippen LogP contribution in [-0.2, 0) is 13.3 Å². The average Bonchev–Trinajstić information content (AvgIpc) is 2.46. The van der Waals surface area contributed by atoms with Gasteiger partial charge in [0.15, 0.2) is 0 Å². The van der Waals surface area contributed by atoms with Crippen molar-refractivity contribution in [3.05, 3.63) is 0 Å². The molecule has 0 atom stereocenters.